The highest BCUT2D eigenvalue weighted by atomic mass is 32.2. The maximum absolute atomic E-state index is 12.7. The summed E-state index contributed by atoms with van der Waals surface area (Å²) in [5, 5.41) is 0.843. The minimum atomic E-state index is -4.51. The highest BCUT2D eigenvalue weighted by Gasteiger charge is 2.30. The van der Waals surface area contributed by atoms with Crippen LogP contribution in [0.2, 0.25) is 0 Å². The van der Waals surface area contributed by atoms with Crippen LogP contribution in [0.15, 0.2) is 47.9 Å². The predicted octanol–water partition coefficient (Wildman–Crippen LogP) is 6.35. The molecule has 0 N–H and O–H groups in total. The SMILES string of the molecule is Cc1cc(OC/C=C/SC(F)(F)F)nc(Oc2cccc(C(F)(F)F)c2)c1. The zero-order valence-corrected chi connectivity index (χ0v) is 14.6. The normalized spacial score (nSPS) is 12.4. The molecule has 0 saturated carbocycles. The average Bonchev–Trinajstić information content (AvgIpc) is 2.52. The summed E-state index contributed by atoms with van der Waals surface area (Å²) >= 11 is -0.317. The van der Waals surface area contributed by atoms with Crippen molar-refractivity contribution in [1.82, 2.24) is 4.98 Å². The van der Waals surface area contributed by atoms with Gasteiger partial charge in [0.1, 0.15) is 12.4 Å². The Balaban J connectivity index is 2.05. The minimum absolute atomic E-state index is 0.00188. The number of thioether (sulfide) groups is 1. The predicted molar refractivity (Wildman–Crippen MR) is 88.8 cm³/mol. The number of alkyl halides is 6. The first-order chi connectivity index (χ1) is 12.5. The molecule has 0 unspecified atom stereocenters. The maximum Gasteiger partial charge on any atom is 0.445 e. The molecule has 3 nitrogen and oxygen atoms in total. The quantitative estimate of drug-likeness (QED) is 0.521. The van der Waals surface area contributed by atoms with E-state index in [0.29, 0.717) is 5.56 Å². The maximum atomic E-state index is 12.7. The molecule has 0 aliphatic heterocycles. The van der Waals surface area contributed by atoms with Crippen LogP contribution in [0.25, 0.3) is 0 Å². The van der Waals surface area contributed by atoms with Gasteiger partial charge < -0.3 is 9.47 Å². The first-order valence-electron chi connectivity index (χ1n) is 7.39. The monoisotopic (exact) mass is 409 g/mol. The summed E-state index contributed by atoms with van der Waals surface area (Å²) in [6.45, 7) is 1.52. The molecule has 0 fully saturated rings. The van der Waals surface area contributed by atoms with Gasteiger partial charge in [-0.2, -0.15) is 31.3 Å². The first kappa shape index (κ1) is 20.9. The molecule has 0 spiro atoms. The van der Waals surface area contributed by atoms with Gasteiger partial charge in [0.05, 0.1) is 5.56 Å². The number of hydrogen-bond acceptors (Lipinski definition) is 4. The fourth-order valence-corrected chi connectivity index (χ4v) is 2.21. The Morgan fingerprint density at radius 1 is 1.04 bits per heavy atom. The number of hydrogen-bond donors (Lipinski definition) is 0. The number of rotatable bonds is 6. The van der Waals surface area contributed by atoms with Gasteiger partial charge in [0.25, 0.3) is 0 Å². The van der Waals surface area contributed by atoms with Crippen molar-refractivity contribution in [2.75, 3.05) is 6.61 Å². The van der Waals surface area contributed by atoms with Crippen molar-refractivity contribution >= 4 is 11.8 Å². The number of aromatic nitrogens is 1. The van der Waals surface area contributed by atoms with Gasteiger partial charge in [-0.25, -0.2) is 0 Å². The van der Waals surface area contributed by atoms with Crippen molar-refractivity contribution < 1.29 is 35.8 Å². The first-order valence-corrected chi connectivity index (χ1v) is 8.27. The molecule has 0 aliphatic carbocycles. The van der Waals surface area contributed by atoms with Crippen molar-refractivity contribution in [3.8, 4) is 17.5 Å². The third-order valence-electron chi connectivity index (χ3n) is 2.93. The van der Waals surface area contributed by atoms with Gasteiger partial charge in [-0.3, -0.25) is 0 Å². The molecule has 0 bridgehead atoms. The molecule has 0 saturated heterocycles. The summed E-state index contributed by atoms with van der Waals surface area (Å²) in [7, 11) is 0. The summed E-state index contributed by atoms with van der Waals surface area (Å²) in [5.41, 5.74) is -4.59. The van der Waals surface area contributed by atoms with Crippen LogP contribution in [0.1, 0.15) is 11.1 Å². The number of nitrogens with zero attached hydrogens (tertiary/aromatic N) is 1. The lowest BCUT2D eigenvalue weighted by Crippen LogP contribution is -2.04. The van der Waals surface area contributed by atoms with E-state index in [1.165, 1.54) is 24.3 Å². The molecule has 0 amide bonds. The Kier molecular flexibility index (Phi) is 6.63. The molecule has 2 rings (SSSR count). The largest absolute Gasteiger partial charge is 0.473 e. The summed E-state index contributed by atoms with van der Waals surface area (Å²) in [4.78, 5) is 3.98. The minimum Gasteiger partial charge on any atom is -0.473 e. The second-order valence-electron chi connectivity index (χ2n) is 5.20. The van der Waals surface area contributed by atoms with Crippen molar-refractivity contribution in [2.24, 2.45) is 0 Å². The molecule has 1 aromatic carbocycles. The van der Waals surface area contributed by atoms with Crippen LogP contribution in [0.3, 0.4) is 0 Å². The van der Waals surface area contributed by atoms with Crippen molar-refractivity contribution in [2.45, 2.75) is 18.6 Å². The zero-order chi connectivity index (χ0) is 20.1. The van der Waals surface area contributed by atoms with Crippen molar-refractivity contribution in [3.05, 3.63) is 59.0 Å². The lowest BCUT2D eigenvalue weighted by molar-refractivity contribution is -0.137. The van der Waals surface area contributed by atoms with Gasteiger partial charge in [0, 0.05) is 12.1 Å². The van der Waals surface area contributed by atoms with Crippen LogP contribution >= 0.6 is 11.8 Å². The van der Waals surface area contributed by atoms with Gasteiger partial charge in [-0.1, -0.05) is 6.07 Å². The molecule has 1 heterocycles. The second-order valence-corrected chi connectivity index (χ2v) is 6.17. The lowest BCUT2D eigenvalue weighted by Gasteiger charge is -2.11. The highest BCUT2D eigenvalue weighted by Crippen LogP contribution is 2.33. The van der Waals surface area contributed by atoms with E-state index in [1.807, 2.05) is 0 Å². The van der Waals surface area contributed by atoms with Gasteiger partial charge in [0.15, 0.2) is 0 Å². The van der Waals surface area contributed by atoms with Crippen LogP contribution in [-0.4, -0.2) is 17.1 Å². The Morgan fingerprint density at radius 3 is 2.41 bits per heavy atom. The molecule has 10 heteroatoms. The Labute approximate surface area is 155 Å². The van der Waals surface area contributed by atoms with E-state index in [9.17, 15) is 26.3 Å². The molecular weight excluding hydrogens is 396 g/mol. The number of aryl methyl sites for hydroxylation is 1. The molecule has 0 atom stereocenters. The van der Waals surface area contributed by atoms with Crippen molar-refractivity contribution in [3.63, 3.8) is 0 Å². The van der Waals surface area contributed by atoms with E-state index < -0.39 is 17.2 Å². The number of halogens is 6. The van der Waals surface area contributed by atoms with E-state index in [2.05, 4.69) is 4.98 Å². The van der Waals surface area contributed by atoms with E-state index >= 15 is 0 Å². The van der Waals surface area contributed by atoms with E-state index in [4.69, 9.17) is 9.47 Å². The van der Waals surface area contributed by atoms with Crippen LogP contribution in [0.5, 0.6) is 17.5 Å². The molecule has 146 valence electrons. The van der Waals surface area contributed by atoms with E-state index in [-0.39, 0.29) is 35.9 Å². The summed E-state index contributed by atoms with van der Waals surface area (Å²) in [6.07, 6.45) is -3.34. The zero-order valence-electron chi connectivity index (χ0n) is 13.8. The van der Waals surface area contributed by atoms with E-state index in [0.717, 1.165) is 23.6 Å². The standard InChI is InChI=1S/C17H13F6NO2S/c1-11-8-14(25-6-3-7-27-17(21,22)23)24-15(9-11)26-13-5-2-4-12(10-13)16(18,19)20/h2-5,7-10H,6H2,1H3/b7-3+. The Hall–Kier alpha value is -2.36. The molecule has 2 aromatic rings. The third-order valence-corrected chi connectivity index (χ3v) is 3.53. The van der Waals surface area contributed by atoms with Gasteiger partial charge in [-0.05, 0) is 53.9 Å². The summed E-state index contributed by atoms with van der Waals surface area (Å²) in [6, 6.07) is 7.30. The molecule has 27 heavy (non-hydrogen) atoms. The van der Waals surface area contributed by atoms with Crippen LogP contribution in [0.4, 0.5) is 26.3 Å². The lowest BCUT2D eigenvalue weighted by atomic mass is 10.2. The molecule has 0 radical (unpaired) electrons. The van der Waals surface area contributed by atoms with Gasteiger partial charge in [0.2, 0.25) is 11.8 Å². The van der Waals surface area contributed by atoms with Crippen molar-refractivity contribution in [1.29, 1.82) is 0 Å². The van der Waals surface area contributed by atoms with Gasteiger partial charge >= 0.3 is 11.7 Å². The number of benzene rings is 1. The van der Waals surface area contributed by atoms with Crippen LogP contribution < -0.4 is 9.47 Å². The molecule has 0 aliphatic rings. The fraction of sp³-hybridized carbons (Fsp3) is 0.235. The summed E-state index contributed by atoms with van der Waals surface area (Å²) < 4.78 is 84.8. The van der Waals surface area contributed by atoms with Crippen LogP contribution in [0, 0.1) is 6.92 Å². The smallest absolute Gasteiger partial charge is 0.445 e. The van der Waals surface area contributed by atoms with E-state index in [1.54, 1.807) is 6.92 Å². The number of ether oxygens (including phenoxy) is 2. The number of pyridine rings is 1. The molecule has 1 aromatic heterocycles. The highest BCUT2D eigenvalue weighted by molar-refractivity contribution is 8.02. The van der Waals surface area contributed by atoms with Gasteiger partial charge in [-0.15, -0.1) is 0 Å². The second kappa shape index (κ2) is 8.55. The summed E-state index contributed by atoms with van der Waals surface area (Å²) in [5.74, 6) is 0.00644. The fourth-order valence-electron chi connectivity index (χ4n) is 1.89. The third kappa shape index (κ3) is 7.41. The van der Waals surface area contributed by atoms with Crippen LogP contribution in [-0.2, 0) is 6.18 Å². The average molecular weight is 409 g/mol. The Morgan fingerprint density at radius 2 is 1.74 bits per heavy atom. The topological polar surface area (TPSA) is 31.4 Å². The molecular formula is C17H13F6NO2S. The Bertz CT molecular complexity index is 805.